The van der Waals surface area contributed by atoms with E-state index in [2.05, 4.69) is 48.1 Å². The molecule has 0 aliphatic heterocycles. The van der Waals surface area contributed by atoms with E-state index >= 15 is 0 Å². The highest BCUT2D eigenvalue weighted by Gasteiger charge is 2.14. The second-order valence-electron chi connectivity index (χ2n) is 14.3. The number of unbranched alkanes of at least 4 members (excludes halogenated alkanes) is 9. The lowest BCUT2D eigenvalue weighted by Crippen LogP contribution is -2.15. The molecule has 0 saturated carbocycles. The first kappa shape index (κ1) is 39.2. The summed E-state index contributed by atoms with van der Waals surface area (Å²) in [6.07, 6.45) is 29.9. The van der Waals surface area contributed by atoms with E-state index in [-0.39, 0.29) is 5.97 Å². The Morgan fingerprint density at radius 2 is 0.900 bits per heavy atom. The molecule has 2 nitrogen and oxygen atoms in total. The van der Waals surface area contributed by atoms with Gasteiger partial charge in [0.1, 0.15) is 0 Å². The highest BCUT2D eigenvalue weighted by Crippen LogP contribution is 2.24. The molecule has 0 rings (SSSR count). The van der Waals surface area contributed by atoms with Crippen molar-refractivity contribution in [2.45, 2.75) is 190 Å². The summed E-state index contributed by atoms with van der Waals surface area (Å²) in [5.74, 6) is 3.73. The van der Waals surface area contributed by atoms with Gasteiger partial charge in [-0.2, -0.15) is 0 Å². The van der Waals surface area contributed by atoms with Crippen LogP contribution in [0.5, 0.6) is 0 Å². The summed E-state index contributed by atoms with van der Waals surface area (Å²) in [5, 5.41) is 0. The van der Waals surface area contributed by atoms with E-state index in [1.165, 1.54) is 141 Å². The van der Waals surface area contributed by atoms with E-state index < -0.39 is 0 Å². The van der Waals surface area contributed by atoms with Gasteiger partial charge in [0, 0.05) is 5.57 Å². The molecule has 238 valence electrons. The molecule has 0 amide bonds. The monoisotopic (exact) mass is 563 g/mol. The maximum absolute atomic E-state index is 12.0. The minimum atomic E-state index is -0.222. The van der Waals surface area contributed by atoms with Gasteiger partial charge in [0.15, 0.2) is 0 Å². The van der Waals surface area contributed by atoms with Crippen molar-refractivity contribution in [1.29, 1.82) is 0 Å². The van der Waals surface area contributed by atoms with Gasteiger partial charge in [0.25, 0.3) is 0 Å². The zero-order chi connectivity index (χ0) is 30.0. The molecule has 4 atom stereocenters. The SMILES string of the molecule is C=C(C)C(=O)OCC(CCCCC(C)CCCCCCCCC(C)C)CCCCC(C)CCCCCC(C)CC. The Bertz CT molecular complexity index is 580. The van der Waals surface area contributed by atoms with E-state index in [0.717, 1.165) is 23.7 Å². The van der Waals surface area contributed by atoms with Gasteiger partial charge in [-0.3, -0.25) is 0 Å². The first-order valence-electron chi connectivity index (χ1n) is 18.0. The number of carbonyl (C=O) groups is 1. The fourth-order valence-corrected chi connectivity index (χ4v) is 5.89. The van der Waals surface area contributed by atoms with Crippen molar-refractivity contribution in [3.05, 3.63) is 12.2 Å². The molecule has 0 aromatic carbocycles. The van der Waals surface area contributed by atoms with E-state index in [1.54, 1.807) is 6.92 Å². The quantitative estimate of drug-likeness (QED) is 0.0515. The third kappa shape index (κ3) is 26.1. The van der Waals surface area contributed by atoms with Crippen LogP contribution in [-0.4, -0.2) is 12.6 Å². The van der Waals surface area contributed by atoms with Gasteiger partial charge in [-0.1, -0.05) is 177 Å². The Kier molecular flexibility index (Phi) is 26.5. The molecule has 2 heteroatoms. The van der Waals surface area contributed by atoms with Crippen LogP contribution in [0.2, 0.25) is 0 Å². The Morgan fingerprint density at radius 3 is 1.32 bits per heavy atom. The summed E-state index contributed by atoms with van der Waals surface area (Å²) in [7, 11) is 0. The highest BCUT2D eigenvalue weighted by molar-refractivity contribution is 5.86. The van der Waals surface area contributed by atoms with Crippen LogP contribution in [0.25, 0.3) is 0 Å². The first-order valence-corrected chi connectivity index (χ1v) is 18.0. The van der Waals surface area contributed by atoms with Crippen LogP contribution in [0.15, 0.2) is 12.2 Å². The van der Waals surface area contributed by atoms with Gasteiger partial charge in [0.2, 0.25) is 0 Å². The van der Waals surface area contributed by atoms with Crippen LogP contribution < -0.4 is 0 Å². The number of rotatable bonds is 29. The first-order chi connectivity index (χ1) is 19.1. The molecule has 40 heavy (non-hydrogen) atoms. The van der Waals surface area contributed by atoms with Gasteiger partial charge in [-0.05, 0) is 49.4 Å². The third-order valence-electron chi connectivity index (χ3n) is 9.24. The molecule has 0 aliphatic carbocycles. The average molecular weight is 563 g/mol. The molecule has 0 bridgehead atoms. The Morgan fingerprint density at radius 1 is 0.550 bits per heavy atom. The smallest absolute Gasteiger partial charge is 0.333 e. The van der Waals surface area contributed by atoms with E-state index in [0.29, 0.717) is 18.1 Å². The van der Waals surface area contributed by atoms with Gasteiger partial charge < -0.3 is 4.74 Å². The molecule has 4 unspecified atom stereocenters. The lowest BCUT2D eigenvalue weighted by Gasteiger charge is -2.18. The summed E-state index contributed by atoms with van der Waals surface area (Å²) < 4.78 is 5.60. The summed E-state index contributed by atoms with van der Waals surface area (Å²) in [5.41, 5.74) is 0.515. The van der Waals surface area contributed by atoms with Crippen molar-refractivity contribution in [3.8, 4) is 0 Å². The Balaban J connectivity index is 4.07. The molecule has 0 radical (unpaired) electrons. The lowest BCUT2D eigenvalue weighted by atomic mass is 9.91. The standard InChI is InChI=1S/C38H74O2/c1-9-34(6)24-17-14-18-26-36(8)28-20-22-30-37(31-40-38(39)33(4)5)29-21-19-27-35(7)25-16-13-11-10-12-15-23-32(2)3/h32,34-37H,4,9-31H2,1-3,5-8H3. The van der Waals surface area contributed by atoms with E-state index in [4.69, 9.17) is 4.74 Å². The van der Waals surface area contributed by atoms with Crippen molar-refractivity contribution in [2.75, 3.05) is 6.61 Å². The molecule has 0 spiro atoms. The molecular formula is C38H74O2. The molecule has 0 heterocycles. The number of hydrogen-bond donors (Lipinski definition) is 0. The number of ether oxygens (including phenoxy) is 1. The predicted octanol–water partition coefficient (Wildman–Crippen LogP) is 12.9. The normalized spacial score (nSPS) is 14.7. The number of carbonyl (C=O) groups excluding carboxylic acids is 1. The molecular weight excluding hydrogens is 488 g/mol. The lowest BCUT2D eigenvalue weighted by molar-refractivity contribution is -0.140. The molecule has 0 saturated heterocycles. The van der Waals surface area contributed by atoms with Crippen molar-refractivity contribution < 1.29 is 9.53 Å². The molecule has 0 N–H and O–H groups in total. The average Bonchev–Trinajstić information content (AvgIpc) is 2.91. The number of esters is 1. The fourth-order valence-electron chi connectivity index (χ4n) is 5.89. The topological polar surface area (TPSA) is 26.3 Å². The third-order valence-corrected chi connectivity index (χ3v) is 9.24. The van der Waals surface area contributed by atoms with E-state index in [1.807, 2.05) is 0 Å². The molecule has 0 aromatic heterocycles. The zero-order valence-electron chi connectivity index (χ0n) is 28.7. The summed E-state index contributed by atoms with van der Waals surface area (Å²) in [6, 6.07) is 0. The zero-order valence-corrected chi connectivity index (χ0v) is 28.7. The van der Waals surface area contributed by atoms with Crippen LogP contribution in [0.3, 0.4) is 0 Å². The van der Waals surface area contributed by atoms with Gasteiger partial charge in [0.05, 0.1) is 6.61 Å². The van der Waals surface area contributed by atoms with E-state index in [9.17, 15) is 4.79 Å². The Hall–Kier alpha value is -0.790. The summed E-state index contributed by atoms with van der Waals surface area (Å²) in [6.45, 7) is 20.3. The minimum absolute atomic E-state index is 0.222. The summed E-state index contributed by atoms with van der Waals surface area (Å²) >= 11 is 0. The van der Waals surface area contributed by atoms with Crippen molar-refractivity contribution in [2.24, 2.45) is 29.6 Å². The van der Waals surface area contributed by atoms with Crippen LogP contribution in [0.4, 0.5) is 0 Å². The maximum Gasteiger partial charge on any atom is 0.333 e. The Labute approximate surface area is 253 Å². The van der Waals surface area contributed by atoms with Crippen LogP contribution in [0.1, 0.15) is 190 Å². The minimum Gasteiger partial charge on any atom is -0.462 e. The number of hydrogen-bond acceptors (Lipinski definition) is 2. The van der Waals surface area contributed by atoms with Crippen LogP contribution in [0, 0.1) is 29.6 Å². The van der Waals surface area contributed by atoms with Crippen LogP contribution >= 0.6 is 0 Å². The van der Waals surface area contributed by atoms with Gasteiger partial charge in [-0.15, -0.1) is 0 Å². The molecule has 0 aliphatic rings. The largest absolute Gasteiger partial charge is 0.462 e. The van der Waals surface area contributed by atoms with Gasteiger partial charge in [-0.25, -0.2) is 4.79 Å². The fraction of sp³-hybridized carbons (Fsp3) is 0.921. The predicted molar refractivity (Wildman–Crippen MR) is 179 cm³/mol. The van der Waals surface area contributed by atoms with Crippen molar-refractivity contribution in [3.63, 3.8) is 0 Å². The van der Waals surface area contributed by atoms with Crippen LogP contribution in [-0.2, 0) is 9.53 Å². The second kappa shape index (κ2) is 27.1. The second-order valence-corrected chi connectivity index (χ2v) is 14.3. The molecule has 0 fully saturated rings. The highest BCUT2D eigenvalue weighted by atomic mass is 16.5. The van der Waals surface area contributed by atoms with Crippen molar-refractivity contribution >= 4 is 5.97 Å². The summed E-state index contributed by atoms with van der Waals surface area (Å²) in [4.78, 5) is 12.0. The maximum atomic E-state index is 12.0. The van der Waals surface area contributed by atoms with Gasteiger partial charge >= 0.3 is 5.97 Å². The van der Waals surface area contributed by atoms with Crippen molar-refractivity contribution in [1.82, 2.24) is 0 Å². The molecule has 0 aromatic rings.